The molecule has 0 spiro atoms. The lowest BCUT2D eigenvalue weighted by Gasteiger charge is -2.34. The maximum atomic E-state index is 12.7. The number of alkyl carbamates (subject to hydrolysis) is 1. The van der Waals surface area contributed by atoms with Gasteiger partial charge in [-0.25, -0.2) is 4.79 Å². The van der Waals surface area contributed by atoms with Crippen LogP contribution < -0.4 is 5.32 Å². The van der Waals surface area contributed by atoms with Crippen LogP contribution in [0.15, 0.2) is 0 Å². The molecule has 0 aliphatic carbocycles. The van der Waals surface area contributed by atoms with Crippen LogP contribution in [0, 0.1) is 17.3 Å². The number of carbonyl (C=O) groups is 2. The van der Waals surface area contributed by atoms with E-state index in [0.717, 1.165) is 12.8 Å². The van der Waals surface area contributed by atoms with Crippen molar-refractivity contribution in [2.45, 2.75) is 52.6 Å². The van der Waals surface area contributed by atoms with Gasteiger partial charge in [-0.1, -0.05) is 26.7 Å². The number of amides is 2. The van der Waals surface area contributed by atoms with Gasteiger partial charge >= 0.3 is 6.09 Å². The summed E-state index contributed by atoms with van der Waals surface area (Å²) in [6, 6.07) is -0.661. The zero-order chi connectivity index (χ0) is 15.3. The molecule has 1 N–H and O–H groups in total. The van der Waals surface area contributed by atoms with Crippen LogP contribution >= 0.6 is 0 Å². The summed E-state index contributed by atoms with van der Waals surface area (Å²) in [5.74, 6) is 5.84. The van der Waals surface area contributed by atoms with Gasteiger partial charge in [0, 0.05) is 6.54 Å². The summed E-state index contributed by atoms with van der Waals surface area (Å²) < 4.78 is 4.61. The number of nitrogens with zero attached hydrogens (tertiary/aromatic N) is 1. The van der Waals surface area contributed by atoms with E-state index in [1.54, 1.807) is 11.8 Å². The summed E-state index contributed by atoms with van der Waals surface area (Å²) in [5, 5.41) is 2.65. The fourth-order valence-electron chi connectivity index (χ4n) is 2.34. The first-order valence-electron chi connectivity index (χ1n) is 6.88. The van der Waals surface area contributed by atoms with E-state index in [9.17, 15) is 9.59 Å². The normalized spacial score (nSPS) is 19.9. The van der Waals surface area contributed by atoms with Crippen LogP contribution in [0.2, 0.25) is 0 Å². The number of carbonyl (C=O) groups excluding carboxylic acids is 2. The molecule has 5 heteroatoms. The third-order valence-corrected chi connectivity index (χ3v) is 3.41. The van der Waals surface area contributed by atoms with E-state index in [4.69, 9.17) is 0 Å². The van der Waals surface area contributed by atoms with Gasteiger partial charge in [0.1, 0.15) is 6.04 Å². The summed E-state index contributed by atoms with van der Waals surface area (Å²) in [6.07, 6.45) is 1.25. The Balaban J connectivity index is 2.92. The smallest absolute Gasteiger partial charge is 0.407 e. The Kier molecular flexibility index (Phi) is 5.43. The van der Waals surface area contributed by atoms with Crippen LogP contribution in [0.3, 0.4) is 0 Å². The number of hydrogen-bond acceptors (Lipinski definition) is 3. The molecule has 1 aliphatic heterocycles. The van der Waals surface area contributed by atoms with Crippen LogP contribution in [0.4, 0.5) is 4.79 Å². The van der Waals surface area contributed by atoms with E-state index < -0.39 is 17.6 Å². The molecular formula is C15H24N2O3. The monoisotopic (exact) mass is 280 g/mol. The van der Waals surface area contributed by atoms with Crippen molar-refractivity contribution in [3.63, 3.8) is 0 Å². The third-order valence-electron chi connectivity index (χ3n) is 3.41. The summed E-state index contributed by atoms with van der Waals surface area (Å²) in [6.45, 7) is 8.22. The standard InChI is InChI=1S/C15H24N2O3/c1-6-8-11-9-7-10-17(11)13(18)12(15(2,3)4)16-14(19)20-5/h11-12H,7,9-10H2,1-5H3,(H,16,19). The molecule has 1 heterocycles. The van der Waals surface area contributed by atoms with E-state index in [0.29, 0.717) is 6.54 Å². The van der Waals surface area contributed by atoms with Crippen molar-refractivity contribution >= 4 is 12.0 Å². The third kappa shape index (κ3) is 3.89. The van der Waals surface area contributed by atoms with Crippen molar-refractivity contribution in [3.05, 3.63) is 0 Å². The van der Waals surface area contributed by atoms with Crippen LogP contribution in [0.1, 0.15) is 40.5 Å². The molecule has 1 fully saturated rings. The molecule has 1 saturated heterocycles. The van der Waals surface area contributed by atoms with E-state index in [1.165, 1.54) is 7.11 Å². The Morgan fingerprint density at radius 1 is 1.40 bits per heavy atom. The number of nitrogens with one attached hydrogen (secondary N) is 1. The number of ether oxygens (including phenoxy) is 1. The highest BCUT2D eigenvalue weighted by Crippen LogP contribution is 2.25. The lowest BCUT2D eigenvalue weighted by atomic mass is 9.85. The summed E-state index contributed by atoms with van der Waals surface area (Å²) >= 11 is 0. The minimum absolute atomic E-state index is 0.0446. The minimum atomic E-state index is -0.616. The van der Waals surface area contributed by atoms with Crippen molar-refractivity contribution < 1.29 is 14.3 Å². The lowest BCUT2D eigenvalue weighted by molar-refractivity contribution is -0.135. The molecule has 0 aromatic carbocycles. The van der Waals surface area contributed by atoms with Gasteiger partial charge in [-0.2, -0.15) is 0 Å². The highest BCUT2D eigenvalue weighted by molar-refractivity contribution is 5.87. The molecular weight excluding hydrogens is 256 g/mol. The lowest BCUT2D eigenvalue weighted by Crippen LogP contribution is -2.55. The zero-order valence-electron chi connectivity index (χ0n) is 12.9. The van der Waals surface area contributed by atoms with Gasteiger partial charge in [0.2, 0.25) is 5.91 Å². The average Bonchev–Trinajstić information content (AvgIpc) is 2.82. The van der Waals surface area contributed by atoms with Gasteiger partial charge in [-0.05, 0) is 25.2 Å². The molecule has 2 atom stereocenters. The van der Waals surface area contributed by atoms with Crippen molar-refractivity contribution in [2.75, 3.05) is 13.7 Å². The summed E-state index contributed by atoms with van der Waals surface area (Å²) in [5.41, 5.74) is -0.391. The summed E-state index contributed by atoms with van der Waals surface area (Å²) in [7, 11) is 1.29. The molecule has 1 rings (SSSR count). The number of rotatable bonds is 2. The second-order valence-electron chi connectivity index (χ2n) is 6.02. The second kappa shape index (κ2) is 6.65. The largest absolute Gasteiger partial charge is 0.453 e. The molecule has 0 radical (unpaired) electrons. The van der Waals surface area contributed by atoms with Gasteiger partial charge in [0.05, 0.1) is 13.2 Å². The van der Waals surface area contributed by atoms with Crippen molar-refractivity contribution in [2.24, 2.45) is 5.41 Å². The highest BCUT2D eigenvalue weighted by Gasteiger charge is 2.39. The fraction of sp³-hybridized carbons (Fsp3) is 0.733. The topological polar surface area (TPSA) is 58.6 Å². The molecule has 0 aromatic rings. The van der Waals surface area contributed by atoms with Crippen LogP contribution in [0.5, 0.6) is 0 Å². The number of hydrogen-bond donors (Lipinski definition) is 1. The number of methoxy groups -OCH3 is 1. The maximum absolute atomic E-state index is 12.7. The second-order valence-corrected chi connectivity index (χ2v) is 6.02. The molecule has 112 valence electrons. The molecule has 0 saturated carbocycles. The van der Waals surface area contributed by atoms with Gasteiger partial charge in [-0.15, -0.1) is 5.92 Å². The molecule has 2 amide bonds. The van der Waals surface area contributed by atoms with Gasteiger partial charge in [0.25, 0.3) is 0 Å². The minimum Gasteiger partial charge on any atom is -0.453 e. The maximum Gasteiger partial charge on any atom is 0.407 e. The quantitative estimate of drug-likeness (QED) is 0.784. The van der Waals surface area contributed by atoms with E-state index in [-0.39, 0.29) is 11.9 Å². The first-order chi connectivity index (χ1) is 9.31. The van der Waals surface area contributed by atoms with Crippen LogP contribution in [-0.2, 0) is 9.53 Å². The Morgan fingerprint density at radius 3 is 2.55 bits per heavy atom. The Hall–Kier alpha value is -1.70. The number of likely N-dealkylation sites (tertiary alicyclic amines) is 1. The van der Waals surface area contributed by atoms with Crippen LogP contribution in [-0.4, -0.2) is 42.6 Å². The average molecular weight is 280 g/mol. The first-order valence-corrected chi connectivity index (χ1v) is 6.88. The van der Waals surface area contributed by atoms with E-state index >= 15 is 0 Å². The molecule has 20 heavy (non-hydrogen) atoms. The predicted octanol–water partition coefficient (Wildman–Crippen LogP) is 1.77. The summed E-state index contributed by atoms with van der Waals surface area (Å²) in [4.78, 5) is 25.9. The predicted molar refractivity (Wildman–Crippen MR) is 77.0 cm³/mol. The van der Waals surface area contributed by atoms with Gasteiger partial charge in [-0.3, -0.25) is 4.79 Å². The van der Waals surface area contributed by atoms with E-state index in [2.05, 4.69) is 21.9 Å². The van der Waals surface area contributed by atoms with E-state index in [1.807, 2.05) is 20.8 Å². The molecule has 0 bridgehead atoms. The van der Waals surface area contributed by atoms with Crippen molar-refractivity contribution in [1.29, 1.82) is 0 Å². The molecule has 5 nitrogen and oxygen atoms in total. The Bertz CT molecular complexity index is 429. The first kappa shape index (κ1) is 16.4. The fourth-order valence-corrected chi connectivity index (χ4v) is 2.34. The van der Waals surface area contributed by atoms with Gasteiger partial charge in [0.15, 0.2) is 0 Å². The van der Waals surface area contributed by atoms with Gasteiger partial charge < -0.3 is 15.0 Å². The van der Waals surface area contributed by atoms with Crippen molar-refractivity contribution in [1.82, 2.24) is 10.2 Å². The molecule has 2 unspecified atom stereocenters. The van der Waals surface area contributed by atoms with Crippen molar-refractivity contribution in [3.8, 4) is 11.8 Å². The Labute approximate surface area is 121 Å². The Morgan fingerprint density at radius 2 is 2.05 bits per heavy atom. The van der Waals surface area contributed by atoms with Crippen LogP contribution in [0.25, 0.3) is 0 Å². The molecule has 0 aromatic heterocycles. The zero-order valence-corrected chi connectivity index (χ0v) is 12.9. The highest BCUT2D eigenvalue weighted by atomic mass is 16.5. The molecule has 1 aliphatic rings. The SMILES string of the molecule is CC#CC1CCCN1C(=O)C(NC(=O)OC)C(C)(C)C.